The number of rotatable bonds is 7. The third kappa shape index (κ3) is 6.22. The second-order valence-corrected chi connectivity index (χ2v) is 24.0. The van der Waals surface area contributed by atoms with Crippen molar-refractivity contribution in [1.82, 2.24) is 0 Å². The van der Waals surface area contributed by atoms with Crippen LogP contribution in [0.3, 0.4) is 0 Å². The maximum Gasteiger partial charge on any atom is -0.000873 e. The zero-order chi connectivity index (χ0) is 41.4. The molecule has 0 unspecified atom stereocenters. The molecule has 2 saturated carbocycles. The quantitative estimate of drug-likeness (QED) is 0.140. The Balaban J connectivity index is 1.23. The molecule has 4 aliphatic rings. The third-order valence-electron chi connectivity index (χ3n) is 16.2. The highest BCUT2D eigenvalue weighted by Gasteiger charge is 2.45. The molecule has 0 aliphatic heterocycles. The Labute approximate surface area is 371 Å². The minimum Gasteiger partial charge on any atom is -0.0622 e. The van der Waals surface area contributed by atoms with Gasteiger partial charge in [0.1, 0.15) is 0 Å². The molecule has 0 spiro atoms. The van der Waals surface area contributed by atoms with E-state index in [0.717, 1.165) is 0 Å². The maximum absolute atomic E-state index is 2.61. The van der Waals surface area contributed by atoms with E-state index in [2.05, 4.69) is 184 Å². The molecule has 0 bridgehead atoms. The molecule has 0 amide bonds. The Morgan fingerprint density at radius 3 is 1.06 bits per heavy atom. The molecular formula is C60H56P2. The summed E-state index contributed by atoms with van der Waals surface area (Å²) in [5.74, 6) is 1.32. The molecule has 4 aliphatic carbocycles. The lowest BCUT2D eigenvalue weighted by molar-refractivity contribution is 0.253. The third-order valence-corrected chi connectivity index (χ3v) is 21.2. The van der Waals surface area contributed by atoms with E-state index in [4.69, 9.17) is 0 Å². The van der Waals surface area contributed by atoms with Gasteiger partial charge >= 0.3 is 0 Å². The standard InChI is InChI=1S/C60H56P2/c1-59-37-15-25-53(59)49-27-29-51-45(47(49)35-39-59)31-33-55(61(41-17-7-3-8-18-41)42-19-9-4-10-20-42)57(51)58-52-30-28-50-48(36-40-60(2)38-16-26-54(50)60)46(52)32-34-56(58)62(43-21-11-5-12-22-43)44-23-13-6-14-24-44/h3-14,17-24,27-34,53-54H,15-16,25-26,35-40H2,1-2H3/t53-,54-,59-,60-/m0/s1. The summed E-state index contributed by atoms with van der Waals surface area (Å²) in [6.45, 7) is 5.18. The number of hydrogen-bond acceptors (Lipinski definition) is 0. The predicted molar refractivity (Wildman–Crippen MR) is 270 cm³/mol. The Kier molecular flexibility index (Phi) is 9.66. The molecule has 62 heavy (non-hydrogen) atoms. The van der Waals surface area contributed by atoms with E-state index in [1.807, 2.05) is 0 Å². The summed E-state index contributed by atoms with van der Waals surface area (Å²) in [7, 11) is -1.81. The van der Waals surface area contributed by atoms with Gasteiger partial charge in [0, 0.05) is 0 Å². The summed E-state index contributed by atoms with van der Waals surface area (Å²) >= 11 is 0. The van der Waals surface area contributed by atoms with Crippen LogP contribution in [0.5, 0.6) is 0 Å². The van der Waals surface area contributed by atoms with Gasteiger partial charge in [0.2, 0.25) is 0 Å². The fourth-order valence-corrected chi connectivity index (χ4v) is 18.1. The number of fused-ring (bicyclic) bond motifs is 10. The topological polar surface area (TPSA) is 0 Å². The first-order valence-electron chi connectivity index (χ1n) is 23.5. The summed E-state index contributed by atoms with van der Waals surface area (Å²) in [5.41, 5.74) is 10.3. The Morgan fingerprint density at radius 2 is 0.710 bits per heavy atom. The van der Waals surface area contributed by atoms with Crippen LogP contribution in [0.4, 0.5) is 0 Å². The lowest BCUT2D eigenvalue weighted by Gasteiger charge is -2.39. The SMILES string of the molecule is C[C@@]12CCC[C@H]1c1ccc3c(-c4c(P(c5ccccc5)c5ccccc5)ccc5c6c(ccc45)[C@@H]4CCC[C@@]4(C)CC6)c(P(c4ccccc4)c4ccccc4)ccc3c1CC2. The fourth-order valence-electron chi connectivity index (χ4n) is 13.2. The van der Waals surface area contributed by atoms with Crippen molar-refractivity contribution in [2.24, 2.45) is 10.8 Å². The zero-order valence-electron chi connectivity index (χ0n) is 36.3. The summed E-state index contributed by atoms with van der Waals surface area (Å²) in [4.78, 5) is 0. The molecule has 0 radical (unpaired) electrons. The van der Waals surface area contributed by atoms with E-state index in [0.29, 0.717) is 22.7 Å². The van der Waals surface area contributed by atoms with Crippen LogP contribution in [0.15, 0.2) is 170 Å². The summed E-state index contributed by atoms with van der Waals surface area (Å²) in [6, 6.07) is 66.6. The van der Waals surface area contributed by atoms with Crippen LogP contribution in [0, 0.1) is 10.8 Å². The van der Waals surface area contributed by atoms with Gasteiger partial charge in [-0.15, -0.1) is 0 Å². The van der Waals surface area contributed by atoms with E-state index in [9.17, 15) is 0 Å². The molecule has 0 aromatic heterocycles. The minimum atomic E-state index is -0.904. The summed E-state index contributed by atoms with van der Waals surface area (Å²) in [5, 5.41) is 14.4. The van der Waals surface area contributed by atoms with Crippen molar-refractivity contribution >= 4 is 69.2 Å². The Hall–Kier alpha value is -4.86. The van der Waals surface area contributed by atoms with Crippen LogP contribution in [-0.2, 0) is 12.8 Å². The van der Waals surface area contributed by atoms with Gasteiger partial charge in [-0.3, -0.25) is 0 Å². The average Bonchev–Trinajstić information content (AvgIpc) is 3.93. The van der Waals surface area contributed by atoms with Crippen molar-refractivity contribution in [3.8, 4) is 11.1 Å². The molecule has 2 heteroatoms. The maximum atomic E-state index is 2.61. The van der Waals surface area contributed by atoms with Crippen LogP contribution in [0.1, 0.15) is 99.3 Å². The van der Waals surface area contributed by atoms with Crippen molar-refractivity contribution in [2.75, 3.05) is 0 Å². The van der Waals surface area contributed by atoms with E-state index in [1.54, 1.807) is 22.3 Å². The monoisotopic (exact) mass is 838 g/mol. The molecule has 0 saturated heterocycles. The minimum absolute atomic E-state index is 0.427. The van der Waals surface area contributed by atoms with Crippen LogP contribution < -0.4 is 31.8 Å². The molecule has 0 N–H and O–H groups in total. The zero-order valence-corrected chi connectivity index (χ0v) is 38.1. The van der Waals surface area contributed by atoms with E-state index >= 15 is 0 Å². The van der Waals surface area contributed by atoms with Gasteiger partial charge < -0.3 is 0 Å². The highest BCUT2D eigenvalue weighted by molar-refractivity contribution is 7.80. The Bertz CT molecular complexity index is 2670. The van der Waals surface area contributed by atoms with Gasteiger partial charge in [0.15, 0.2) is 0 Å². The second kappa shape index (κ2) is 15.4. The molecule has 12 rings (SSSR count). The van der Waals surface area contributed by atoms with Gasteiger partial charge in [0.25, 0.3) is 0 Å². The van der Waals surface area contributed by atoms with Crippen LogP contribution in [0.25, 0.3) is 32.7 Å². The van der Waals surface area contributed by atoms with Gasteiger partial charge in [-0.2, -0.15) is 0 Å². The summed E-state index contributed by atoms with van der Waals surface area (Å²) < 4.78 is 0. The number of hydrogen-bond donors (Lipinski definition) is 0. The van der Waals surface area contributed by atoms with Gasteiger partial charge in [-0.05, 0) is 177 Å². The van der Waals surface area contributed by atoms with Gasteiger partial charge in [0.05, 0.1) is 0 Å². The van der Waals surface area contributed by atoms with Crippen LogP contribution >= 0.6 is 15.8 Å². The molecule has 306 valence electrons. The van der Waals surface area contributed by atoms with Crippen LogP contribution in [-0.4, -0.2) is 0 Å². The van der Waals surface area contributed by atoms with Crippen molar-refractivity contribution < 1.29 is 0 Å². The van der Waals surface area contributed by atoms with Crippen molar-refractivity contribution in [3.63, 3.8) is 0 Å². The lowest BCUT2D eigenvalue weighted by atomic mass is 9.66. The number of aryl methyl sites for hydroxylation is 2. The van der Waals surface area contributed by atoms with Crippen molar-refractivity contribution in [3.05, 3.63) is 192 Å². The molecular weight excluding hydrogens is 783 g/mol. The molecule has 4 atom stereocenters. The van der Waals surface area contributed by atoms with Crippen molar-refractivity contribution in [2.45, 2.75) is 89.9 Å². The molecule has 8 aromatic rings. The van der Waals surface area contributed by atoms with Gasteiger partial charge in [-0.1, -0.05) is 197 Å². The van der Waals surface area contributed by atoms with E-state index < -0.39 is 15.8 Å². The normalized spacial score (nSPS) is 22.8. The summed E-state index contributed by atoms with van der Waals surface area (Å²) in [6.07, 6.45) is 13.0. The molecule has 0 heterocycles. The highest BCUT2D eigenvalue weighted by atomic mass is 31.1. The van der Waals surface area contributed by atoms with Gasteiger partial charge in [-0.25, -0.2) is 0 Å². The average molecular weight is 839 g/mol. The first-order chi connectivity index (χ1) is 30.5. The lowest BCUT2D eigenvalue weighted by Crippen LogP contribution is -2.28. The van der Waals surface area contributed by atoms with E-state index in [1.165, 1.54) is 129 Å². The smallest absolute Gasteiger partial charge is 0.000873 e. The molecule has 8 aromatic carbocycles. The first-order valence-corrected chi connectivity index (χ1v) is 26.2. The van der Waals surface area contributed by atoms with Crippen molar-refractivity contribution in [1.29, 1.82) is 0 Å². The number of benzene rings is 8. The molecule has 0 nitrogen and oxygen atoms in total. The fraction of sp³-hybridized carbons (Fsp3) is 0.267. The first kappa shape index (κ1) is 38.8. The second-order valence-electron chi connectivity index (χ2n) is 19.6. The van der Waals surface area contributed by atoms with E-state index in [-0.39, 0.29) is 0 Å². The molecule has 2 fully saturated rings. The predicted octanol–water partition coefficient (Wildman–Crippen LogP) is 13.6. The largest absolute Gasteiger partial charge is 0.0622 e. The Morgan fingerprint density at radius 1 is 0.371 bits per heavy atom. The van der Waals surface area contributed by atoms with Crippen LogP contribution in [0.2, 0.25) is 0 Å². The highest BCUT2D eigenvalue weighted by Crippen LogP contribution is 2.59.